The van der Waals surface area contributed by atoms with Crippen molar-refractivity contribution in [3.63, 3.8) is 0 Å². The first-order valence-corrected chi connectivity index (χ1v) is 14.5. The van der Waals surface area contributed by atoms with Crippen LogP contribution in [0.3, 0.4) is 0 Å². The zero-order valence-corrected chi connectivity index (χ0v) is 23.8. The summed E-state index contributed by atoms with van der Waals surface area (Å²) in [6, 6.07) is 14.9. The van der Waals surface area contributed by atoms with Crippen molar-refractivity contribution in [3.05, 3.63) is 59.7 Å². The molecule has 2 aliphatic rings. The number of anilines is 1. The summed E-state index contributed by atoms with van der Waals surface area (Å²) in [5.74, 6) is 1.34. The van der Waals surface area contributed by atoms with E-state index in [0.717, 1.165) is 30.1 Å². The first kappa shape index (κ1) is 29.1. The number of benzene rings is 2. The number of likely N-dealkylation sites (N-methyl/N-ethyl adjacent to an activating group) is 1. The molecule has 2 N–H and O–H groups in total. The van der Waals surface area contributed by atoms with Crippen LogP contribution in [0.2, 0.25) is 0 Å². The number of carbonyl (C=O) groups is 2. The lowest BCUT2D eigenvalue weighted by molar-refractivity contribution is -0.134. The number of rotatable bonds is 9. The van der Waals surface area contributed by atoms with Gasteiger partial charge in [0.15, 0.2) is 0 Å². The average Bonchev–Trinajstić information content (AvgIpc) is 2.97. The Labute approximate surface area is 233 Å². The maximum Gasteiger partial charge on any atom is 0.228 e. The molecule has 2 amide bonds. The first-order valence-electron chi connectivity index (χ1n) is 14.5. The van der Waals surface area contributed by atoms with Gasteiger partial charge in [0.2, 0.25) is 11.8 Å². The minimum atomic E-state index is -0.282. The van der Waals surface area contributed by atoms with Crippen LogP contribution in [0.25, 0.3) is 0 Å². The molecular formula is C32H45N3O4. The summed E-state index contributed by atoms with van der Waals surface area (Å²) < 4.78 is 6.66. The van der Waals surface area contributed by atoms with Gasteiger partial charge >= 0.3 is 0 Å². The number of hydrogen-bond acceptors (Lipinski definition) is 5. The van der Waals surface area contributed by atoms with E-state index in [2.05, 4.69) is 24.2 Å². The number of amides is 2. The van der Waals surface area contributed by atoms with Gasteiger partial charge in [-0.2, -0.15) is 0 Å². The standard InChI is InChI=1S/C32H45N3O4/c1-23-19-35(24(2)22-36)32(38)18-27-17-28(33-31(37)16-25-10-6-4-7-11-25)14-15-29(27)39-30(23)21-34(3)20-26-12-8-5-9-13-26/h4,6-7,10-11,14-15,17,23-24,26,30,36H,5,8-9,12-13,16,18-22H2,1-3H3,(H,33,37)/t23-,24-,30+/m1/s1. The highest BCUT2D eigenvalue weighted by atomic mass is 16.5. The Bertz CT molecular complexity index is 1090. The molecule has 1 aliphatic carbocycles. The number of aliphatic hydroxyl groups excluding tert-OH is 1. The van der Waals surface area contributed by atoms with Gasteiger partial charge in [-0.05, 0) is 56.5 Å². The Morgan fingerprint density at radius 3 is 2.59 bits per heavy atom. The number of nitrogens with one attached hydrogen (secondary N) is 1. The van der Waals surface area contributed by atoms with Crippen LogP contribution in [0, 0.1) is 11.8 Å². The molecule has 4 rings (SSSR count). The van der Waals surface area contributed by atoms with Crippen LogP contribution in [0.5, 0.6) is 5.75 Å². The van der Waals surface area contributed by atoms with E-state index in [9.17, 15) is 14.7 Å². The Morgan fingerprint density at radius 2 is 1.87 bits per heavy atom. The van der Waals surface area contributed by atoms with E-state index in [1.165, 1.54) is 32.1 Å². The largest absolute Gasteiger partial charge is 0.488 e. The normalized spacial score (nSPS) is 21.4. The Kier molecular flexibility index (Phi) is 10.4. The van der Waals surface area contributed by atoms with Gasteiger partial charge < -0.3 is 25.0 Å². The summed E-state index contributed by atoms with van der Waals surface area (Å²) in [6.45, 7) is 6.27. The predicted molar refractivity (Wildman–Crippen MR) is 155 cm³/mol. The Balaban J connectivity index is 1.53. The van der Waals surface area contributed by atoms with Crippen LogP contribution in [-0.2, 0) is 22.4 Å². The van der Waals surface area contributed by atoms with Gasteiger partial charge in [0.1, 0.15) is 11.9 Å². The molecule has 7 heteroatoms. The third kappa shape index (κ3) is 8.29. The van der Waals surface area contributed by atoms with Crippen LogP contribution in [0.1, 0.15) is 57.1 Å². The SMILES string of the molecule is C[C@@H]1CN([C@H](C)CO)C(=O)Cc2cc(NC(=O)Cc3ccccc3)ccc2O[C@H]1CN(C)CC1CCCCC1. The lowest BCUT2D eigenvalue weighted by atomic mass is 9.89. The van der Waals surface area contributed by atoms with Crippen LogP contribution in [0.15, 0.2) is 48.5 Å². The van der Waals surface area contributed by atoms with Gasteiger partial charge in [0, 0.05) is 36.8 Å². The third-order valence-corrected chi connectivity index (χ3v) is 8.19. The minimum Gasteiger partial charge on any atom is -0.488 e. The molecule has 1 heterocycles. The van der Waals surface area contributed by atoms with Gasteiger partial charge in [0.05, 0.1) is 25.5 Å². The number of aliphatic hydroxyl groups is 1. The number of carbonyl (C=O) groups excluding carboxylic acids is 2. The fourth-order valence-electron chi connectivity index (χ4n) is 5.90. The predicted octanol–water partition coefficient (Wildman–Crippen LogP) is 4.53. The van der Waals surface area contributed by atoms with Crippen molar-refractivity contribution < 1.29 is 19.4 Å². The molecule has 1 saturated carbocycles. The highest BCUT2D eigenvalue weighted by molar-refractivity contribution is 5.92. The molecule has 2 aromatic rings. The monoisotopic (exact) mass is 535 g/mol. The summed E-state index contributed by atoms with van der Waals surface area (Å²) in [5.41, 5.74) is 2.34. The molecule has 0 saturated heterocycles. The number of nitrogens with zero attached hydrogens (tertiary/aromatic N) is 2. The molecule has 0 aromatic heterocycles. The van der Waals surface area contributed by atoms with E-state index in [-0.39, 0.29) is 49.3 Å². The summed E-state index contributed by atoms with van der Waals surface area (Å²) in [6.07, 6.45) is 6.90. The topological polar surface area (TPSA) is 82.1 Å². The second-order valence-corrected chi connectivity index (χ2v) is 11.6. The van der Waals surface area contributed by atoms with Gasteiger partial charge in [-0.15, -0.1) is 0 Å². The van der Waals surface area contributed by atoms with Crippen molar-refractivity contribution in [2.75, 3.05) is 38.6 Å². The molecule has 212 valence electrons. The molecule has 7 nitrogen and oxygen atoms in total. The van der Waals surface area contributed by atoms with Gasteiger partial charge in [-0.3, -0.25) is 9.59 Å². The molecule has 2 aromatic carbocycles. The molecular weight excluding hydrogens is 490 g/mol. The van der Waals surface area contributed by atoms with E-state index >= 15 is 0 Å². The molecule has 39 heavy (non-hydrogen) atoms. The summed E-state index contributed by atoms with van der Waals surface area (Å²) in [4.78, 5) is 30.3. The second-order valence-electron chi connectivity index (χ2n) is 11.6. The van der Waals surface area contributed by atoms with Crippen molar-refractivity contribution in [1.82, 2.24) is 9.80 Å². The van der Waals surface area contributed by atoms with E-state index in [1.54, 1.807) is 4.90 Å². The summed E-state index contributed by atoms with van der Waals surface area (Å²) >= 11 is 0. The minimum absolute atomic E-state index is 0.0442. The Hall–Kier alpha value is -2.90. The third-order valence-electron chi connectivity index (χ3n) is 8.19. The van der Waals surface area contributed by atoms with Crippen LogP contribution >= 0.6 is 0 Å². The lowest BCUT2D eigenvalue weighted by Crippen LogP contribution is -2.48. The van der Waals surface area contributed by atoms with Crippen molar-refractivity contribution in [1.29, 1.82) is 0 Å². The van der Waals surface area contributed by atoms with Crippen molar-refractivity contribution in [2.45, 2.75) is 70.9 Å². The van der Waals surface area contributed by atoms with E-state index in [4.69, 9.17) is 4.74 Å². The number of fused-ring (bicyclic) bond motifs is 1. The molecule has 0 radical (unpaired) electrons. The Morgan fingerprint density at radius 1 is 1.13 bits per heavy atom. The fraction of sp³-hybridized carbons (Fsp3) is 0.562. The maximum atomic E-state index is 13.5. The van der Waals surface area contributed by atoms with Gasteiger partial charge in [0.25, 0.3) is 0 Å². The molecule has 1 aliphatic heterocycles. The van der Waals surface area contributed by atoms with E-state index in [0.29, 0.717) is 18.0 Å². The van der Waals surface area contributed by atoms with Crippen molar-refractivity contribution in [3.8, 4) is 5.75 Å². The highest BCUT2D eigenvalue weighted by Gasteiger charge is 2.31. The first-order chi connectivity index (χ1) is 18.8. The molecule has 0 unspecified atom stereocenters. The van der Waals surface area contributed by atoms with Crippen LogP contribution in [0.4, 0.5) is 5.69 Å². The van der Waals surface area contributed by atoms with Gasteiger partial charge in [-0.1, -0.05) is 56.5 Å². The van der Waals surface area contributed by atoms with E-state index in [1.807, 2.05) is 55.5 Å². The molecule has 0 spiro atoms. The van der Waals surface area contributed by atoms with E-state index < -0.39 is 0 Å². The van der Waals surface area contributed by atoms with Crippen molar-refractivity contribution in [2.24, 2.45) is 11.8 Å². The van der Waals surface area contributed by atoms with Crippen LogP contribution in [-0.4, -0.2) is 72.2 Å². The van der Waals surface area contributed by atoms with Gasteiger partial charge in [-0.25, -0.2) is 0 Å². The van der Waals surface area contributed by atoms with Crippen molar-refractivity contribution >= 4 is 17.5 Å². The molecule has 0 bridgehead atoms. The van der Waals surface area contributed by atoms with Crippen LogP contribution < -0.4 is 10.1 Å². The lowest BCUT2D eigenvalue weighted by Gasteiger charge is -2.35. The average molecular weight is 536 g/mol. The summed E-state index contributed by atoms with van der Waals surface area (Å²) in [7, 11) is 2.17. The fourth-order valence-corrected chi connectivity index (χ4v) is 5.90. The number of ether oxygens (including phenoxy) is 1. The zero-order chi connectivity index (χ0) is 27.8. The summed E-state index contributed by atoms with van der Waals surface area (Å²) in [5, 5.41) is 12.9. The highest BCUT2D eigenvalue weighted by Crippen LogP contribution is 2.30. The second kappa shape index (κ2) is 13.9. The maximum absolute atomic E-state index is 13.5. The molecule has 3 atom stereocenters. The molecule has 1 fully saturated rings. The number of hydrogen-bond donors (Lipinski definition) is 2. The zero-order valence-electron chi connectivity index (χ0n) is 23.8. The smallest absolute Gasteiger partial charge is 0.228 e. The quantitative estimate of drug-likeness (QED) is 0.493.